The van der Waals surface area contributed by atoms with Gasteiger partial charge in [-0.1, -0.05) is 13.0 Å². The first-order chi connectivity index (χ1) is 10.0. The molecule has 0 aliphatic carbocycles. The molecular weight excluding hydrogens is 273 g/mol. The van der Waals surface area contributed by atoms with E-state index in [9.17, 15) is 14.0 Å². The van der Waals surface area contributed by atoms with Crippen molar-refractivity contribution in [3.05, 3.63) is 30.1 Å². The van der Waals surface area contributed by atoms with Crippen LogP contribution in [0.2, 0.25) is 0 Å². The molecule has 0 atom stereocenters. The van der Waals surface area contributed by atoms with Crippen LogP contribution in [-0.2, 0) is 9.59 Å². The number of likely N-dealkylation sites (N-methyl/N-ethyl adjacent to an activating group) is 2. The minimum Gasteiger partial charge on any atom is -0.355 e. The highest BCUT2D eigenvalue weighted by Gasteiger charge is 2.10. The van der Waals surface area contributed by atoms with E-state index < -0.39 is 0 Å². The summed E-state index contributed by atoms with van der Waals surface area (Å²) >= 11 is 0. The van der Waals surface area contributed by atoms with E-state index in [4.69, 9.17) is 0 Å². The lowest BCUT2D eigenvalue weighted by molar-refractivity contribution is -0.123. The monoisotopic (exact) mass is 295 g/mol. The highest BCUT2D eigenvalue weighted by Crippen LogP contribution is 2.09. The Morgan fingerprint density at radius 1 is 1.24 bits per heavy atom. The molecule has 0 unspecified atom stereocenters. The van der Waals surface area contributed by atoms with Gasteiger partial charge in [0.15, 0.2) is 0 Å². The van der Waals surface area contributed by atoms with Gasteiger partial charge in [0.05, 0.1) is 6.54 Å². The lowest BCUT2D eigenvalue weighted by Gasteiger charge is -2.19. The molecule has 0 fully saturated rings. The fourth-order valence-electron chi connectivity index (χ4n) is 1.85. The Hall–Kier alpha value is -1.95. The smallest absolute Gasteiger partial charge is 0.234 e. The number of nitrogens with zero attached hydrogens (tertiary/aromatic N) is 1. The van der Waals surface area contributed by atoms with E-state index in [-0.39, 0.29) is 30.6 Å². The van der Waals surface area contributed by atoms with Gasteiger partial charge in [-0.2, -0.15) is 0 Å². The molecular formula is C15H22FN3O2. The molecule has 2 N–H and O–H groups in total. The second kappa shape index (κ2) is 9.07. The summed E-state index contributed by atoms with van der Waals surface area (Å²) in [5, 5.41) is 5.36. The van der Waals surface area contributed by atoms with Crippen molar-refractivity contribution in [3.8, 4) is 0 Å². The molecule has 0 saturated carbocycles. The molecule has 1 aromatic rings. The zero-order chi connectivity index (χ0) is 15.7. The first-order valence-electron chi connectivity index (χ1n) is 7.09. The molecule has 21 heavy (non-hydrogen) atoms. The number of benzene rings is 1. The molecule has 0 heterocycles. The molecule has 6 heteroatoms. The molecule has 0 aliphatic heterocycles. The number of amides is 2. The molecule has 5 nitrogen and oxygen atoms in total. The van der Waals surface area contributed by atoms with Gasteiger partial charge in [0.1, 0.15) is 5.82 Å². The van der Waals surface area contributed by atoms with Gasteiger partial charge < -0.3 is 10.6 Å². The summed E-state index contributed by atoms with van der Waals surface area (Å²) in [6, 6.07) is 5.76. The Morgan fingerprint density at radius 2 is 2.00 bits per heavy atom. The molecule has 0 spiro atoms. The molecule has 0 saturated heterocycles. The van der Waals surface area contributed by atoms with Gasteiger partial charge >= 0.3 is 0 Å². The van der Waals surface area contributed by atoms with Gasteiger partial charge in [-0.25, -0.2) is 4.39 Å². The SMILES string of the molecule is CCNC(=O)CN(CC)CCC(=O)Nc1cccc(F)c1. The third kappa shape index (κ3) is 6.85. The fourth-order valence-corrected chi connectivity index (χ4v) is 1.85. The van der Waals surface area contributed by atoms with Crippen molar-refractivity contribution in [1.82, 2.24) is 10.2 Å². The predicted molar refractivity (Wildman–Crippen MR) is 80.4 cm³/mol. The normalized spacial score (nSPS) is 10.5. The highest BCUT2D eigenvalue weighted by molar-refractivity contribution is 5.90. The Morgan fingerprint density at radius 3 is 2.62 bits per heavy atom. The summed E-state index contributed by atoms with van der Waals surface area (Å²) < 4.78 is 13.0. The maximum atomic E-state index is 13.0. The second-order valence-electron chi connectivity index (χ2n) is 4.63. The van der Waals surface area contributed by atoms with Crippen molar-refractivity contribution in [2.24, 2.45) is 0 Å². The van der Waals surface area contributed by atoms with Crippen molar-refractivity contribution >= 4 is 17.5 Å². The van der Waals surface area contributed by atoms with Gasteiger partial charge in [0.25, 0.3) is 0 Å². The van der Waals surface area contributed by atoms with E-state index in [1.165, 1.54) is 12.1 Å². The molecule has 0 aliphatic rings. The lowest BCUT2D eigenvalue weighted by Crippen LogP contribution is -2.38. The maximum absolute atomic E-state index is 13.0. The van der Waals surface area contributed by atoms with Crippen LogP contribution >= 0.6 is 0 Å². The van der Waals surface area contributed by atoms with Gasteiger partial charge in [-0.15, -0.1) is 0 Å². The van der Waals surface area contributed by atoms with Crippen LogP contribution in [0.15, 0.2) is 24.3 Å². The Labute approximate surface area is 124 Å². The number of anilines is 1. The summed E-state index contributed by atoms with van der Waals surface area (Å²) in [4.78, 5) is 25.2. The third-order valence-corrected chi connectivity index (χ3v) is 2.95. The van der Waals surface area contributed by atoms with E-state index in [0.29, 0.717) is 25.3 Å². The molecule has 2 amide bonds. The van der Waals surface area contributed by atoms with Gasteiger partial charge in [-0.05, 0) is 31.7 Å². The number of hydrogen-bond donors (Lipinski definition) is 2. The van der Waals surface area contributed by atoms with Crippen LogP contribution in [0.25, 0.3) is 0 Å². The summed E-state index contributed by atoms with van der Waals surface area (Å²) in [5.74, 6) is -0.640. The average molecular weight is 295 g/mol. The fraction of sp³-hybridized carbons (Fsp3) is 0.467. The number of hydrogen-bond acceptors (Lipinski definition) is 3. The molecule has 0 aromatic heterocycles. The van der Waals surface area contributed by atoms with Crippen molar-refractivity contribution < 1.29 is 14.0 Å². The quantitative estimate of drug-likeness (QED) is 0.766. The van der Waals surface area contributed by atoms with E-state index in [2.05, 4.69) is 10.6 Å². The van der Waals surface area contributed by atoms with Crippen molar-refractivity contribution in [2.75, 3.05) is 31.5 Å². The van der Waals surface area contributed by atoms with Crippen LogP contribution in [-0.4, -0.2) is 42.9 Å². The van der Waals surface area contributed by atoms with Crippen molar-refractivity contribution in [2.45, 2.75) is 20.3 Å². The van der Waals surface area contributed by atoms with Crippen molar-refractivity contribution in [3.63, 3.8) is 0 Å². The Balaban J connectivity index is 2.38. The van der Waals surface area contributed by atoms with Gasteiger partial charge in [0.2, 0.25) is 11.8 Å². The van der Waals surface area contributed by atoms with Crippen LogP contribution < -0.4 is 10.6 Å². The predicted octanol–water partition coefficient (Wildman–Crippen LogP) is 1.61. The van der Waals surface area contributed by atoms with E-state index in [1.807, 2.05) is 18.7 Å². The molecule has 1 rings (SSSR count). The number of carbonyl (C=O) groups excluding carboxylic acids is 2. The first kappa shape index (κ1) is 17.1. The van der Waals surface area contributed by atoms with Gasteiger partial charge in [-0.3, -0.25) is 14.5 Å². The number of nitrogens with one attached hydrogen (secondary N) is 2. The van der Waals surface area contributed by atoms with Crippen LogP contribution in [0.1, 0.15) is 20.3 Å². The van der Waals surface area contributed by atoms with E-state index in [0.717, 1.165) is 0 Å². The summed E-state index contributed by atoms with van der Waals surface area (Å²) in [7, 11) is 0. The Bertz CT molecular complexity index is 480. The molecule has 116 valence electrons. The van der Waals surface area contributed by atoms with Crippen LogP contribution in [0.4, 0.5) is 10.1 Å². The Kier molecular flexibility index (Phi) is 7.39. The standard InChI is InChI=1S/C15H22FN3O2/c1-3-17-15(21)11-19(4-2)9-8-14(20)18-13-7-5-6-12(16)10-13/h5-7,10H,3-4,8-9,11H2,1-2H3,(H,17,21)(H,18,20). The minimum absolute atomic E-state index is 0.0510. The summed E-state index contributed by atoms with van der Waals surface area (Å²) in [6.07, 6.45) is 0.254. The number of rotatable bonds is 8. The number of halogens is 1. The minimum atomic E-state index is -0.390. The van der Waals surface area contributed by atoms with Crippen LogP contribution in [0, 0.1) is 5.82 Å². The van der Waals surface area contributed by atoms with Crippen molar-refractivity contribution in [1.29, 1.82) is 0 Å². The first-order valence-corrected chi connectivity index (χ1v) is 7.09. The number of carbonyl (C=O) groups is 2. The topological polar surface area (TPSA) is 61.4 Å². The van der Waals surface area contributed by atoms with Crippen LogP contribution in [0.3, 0.4) is 0 Å². The molecule has 0 radical (unpaired) electrons. The van der Waals surface area contributed by atoms with Gasteiger partial charge in [0, 0.05) is 25.2 Å². The maximum Gasteiger partial charge on any atom is 0.234 e. The largest absolute Gasteiger partial charge is 0.355 e. The molecule has 0 bridgehead atoms. The summed E-state index contributed by atoms with van der Waals surface area (Å²) in [5.41, 5.74) is 0.437. The third-order valence-electron chi connectivity index (χ3n) is 2.95. The second-order valence-corrected chi connectivity index (χ2v) is 4.63. The average Bonchev–Trinajstić information content (AvgIpc) is 2.43. The molecule has 1 aromatic carbocycles. The van der Waals surface area contributed by atoms with E-state index in [1.54, 1.807) is 12.1 Å². The zero-order valence-electron chi connectivity index (χ0n) is 12.5. The van der Waals surface area contributed by atoms with E-state index >= 15 is 0 Å². The van der Waals surface area contributed by atoms with Crippen LogP contribution in [0.5, 0.6) is 0 Å². The summed E-state index contributed by atoms with van der Waals surface area (Å²) in [6.45, 7) is 5.83. The highest BCUT2D eigenvalue weighted by atomic mass is 19.1. The zero-order valence-corrected chi connectivity index (χ0v) is 12.5. The lowest BCUT2D eigenvalue weighted by atomic mass is 10.3.